The number of thioether (sulfide) groups is 1. The number of hydrogen-bond acceptors (Lipinski definition) is 5. The Labute approximate surface area is 163 Å². The molecule has 0 radical (unpaired) electrons. The van der Waals surface area contributed by atoms with Crippen molar-refractivity contribution in [3.05, 3.63) is 65.5 Å². The van der Waals surface area contributed by atoms with Gasteiger partial charge in [-0.05, 0) is 49.2 Å². The first-order valence-corrected chi connectivity index (χ1v) is 9.51. The second kappa shape index (κ2) is 8.31. The van der Waals surface area contributed by atoms with E-state index < -0.39 is 0 Å². The van der Waals surface area contributed by atoms with Crippen molar-refractivity contribution in [2.24, 2.45) is 0 Å². The molecule has 0 bridgehead atoms. The van der Waals surface area contributed by atoms with Crippen LogP contribution in [0.25, 0.3) is 5.69 Å². The minimum Gasteiger partial charge on any atom is -0.493 e. The molecular weight excluding hydrogens is 360 g/mol. The normalized spacial score (nSPS) is 10.7. The molecule has 0 aliphatic heterocycles. The van der Waals surface area contributed by atoms with Crippen LogP contribution in [0.2, 0.25) is 0 Å². The molecule has 27 heavy (non-hydrogen) atoms. The van der Waals surface area contributed by atoms with Gasteiger partial charge in [-0.25, -0.2) is 4.98 Å². The van der Waals surface area contributed by atoms with Crippen molar-refractivity contribution in [1.29, 1.82) is 0 Å². The Morgan fingerprint density at radius 1 is 1.11 bits per heavy atom. The summed E-state index contributed by atoms with van der Waals surface area (Å²) in [4.78, 5) is 17.0. The molecule has 0 spiro atoms. The molecule has 3 aromatic rings. The summed E-state index contributed by atoms with van der Waals surface area (Å²) in [5.41, 5.74) is 4.08. The van der Waals surface area contributed by atoms with Crippen LogP contribution in [0, 0.1) is 13.8 Å². The summed E-state index contributed by atoms with van der Waals surface area (Å²) in [6, 6.07) is 11.4. The molecule has 0 saturated carbocycles. The number of benzene rings is 2. The summed E-state index contributed by atoms with van der Waals surface area (Å²) < 4.78 is 12.5. The zero-order valence-corrected chi connectivity index (χ0v) is 16.7. The number of Topliss-reactive ketones (excluding diaryl/α,β-unsaturated/α-hetero) is 1. The van der Waals surface area contributed by atoms with Gasteiger partial charge in [-0.15, -0.1) is 0 Å². The lowest BCUT2D eigenvalue weighted by Gasteiger charge is -2.12. The fourth-order valence-electron chi connectivity index (χ4n) is 2.80. The van der Waals surface area contributed by atoms with E-state index in [9.17, 15) is 4.79 Å². The van der Waals surface area contributed by atoms with Crippen LogP contribution in [0.4, 0.5) is 0 Å². The molecule has 2 aromatic carbocycles. The molecular formula is C21H22N2O3S. The van der Waals surface area contributed by atoms with Gasteiger partial charge in [0.05, 0.1) is 25.7 Å². The third kappa shape index (κ3) is 4.01. The van der Waals surface area contributed by atoms with E-state index in [0.717, 1.165) is 10.8 Å². The standard InChI is InChI=1S/C21H22N2O3S/c1-14-6-5-7-17(15(14)2)23-11-10-22-21(23)27-13-18(24)16-8-9-19(25-3)20(12-16)26-4/h5-12H,13H2,1-4H3. The van der Waals surface area contributed by atoms with Crippen molar-refractivity contribution < 1.29 is 14.3 Å². The summed E-state index contributed by atoms with van der Waals surface area (Å²) in [6.45, 7) is 4.18. The average molecular weight is 382 g/mol. The largest absolute Gasteiger partial charge is 0.493 e. The molecule has 0 unspecified atom stereocenters. The highest BCUT2D eigenvalue weighted by molar-refractivity contribution is 7.99. The molecule has 6 heteroatoms. The lowest BCUT2D eigenvalue weighted by Crippen LogP contribution is -2.05. The van der Waals surface area contributed by atoms with E-state index in [-0.39, 0.29) is 11.5 Å². The fraction of sp³-hybridized carbons (Fsp3) is 0.238. The Balaban J connectivity index is 1.78. The van der Waals surface area contributed by atoms with Crippen LogP contribution in [0.5, 0.6) is 11.5 Å². The van der Waals surface area contributed by atoms with Gasteiger partial charge in [0.15, 0.2) is 22.4 Å². The van der Waals surface area contributed by atoms with Crippen LogP contribution < -0.4 is 9.47 Å². The van der Waals surface area contributed by atoms with Crippen molar-refractivity contribution in [2.45, 2.75) is 19.0 Å². The summed E-state index contributed by atoms with van der Waals surface area (Å²) in [5, 5.41) is 0.789. The topological polar surface area (TPSA) is 53.3 Å². The Morgan fingerprint density at radius 3 is 2.63 bits per heavy atom. The zero-order valence-electron chi connectivity index (χ0n) is 15.9. The third-order valence-corrected chi connectivity index (χ3v) is 5.45. The highest BCUT2D eigenvalue weighted by Gasteiger charge is 2.14. The maximum absolute atomic E-state index is 12.6. The molecule has 0 saturated heterocycles. The lowest BCUT2D eigenvalue weighted by molar-refractivity contribution is 0.102. The first-order valence-electron chi connectivity index (χ1n) is 8.53. The fourth-order valence-corrected chi connectivity index (χ4v) is 3.66. The van der Waals surface area contributed by atoms with Gasteiger partial charge in [0, 0.05) is 18.0 Å². The minimum atomic E-state index is 0.0106. The number of carbonyl (C=O) groups excluding carboxylic acids is 1. The van der Waals surface area contributed by atoms with Crippen LogP contribution in [0.15, 0.2) is 53.9 Å². The number of ketones is 1. The Hall–Kier alpha value is -2.73. The number of ether oxygens (including phenoxy) is 2. The minimum absolute atomic E-state index is 0.0106. The second-order valence-corrected chi connectivity index (χ2v) is 7.02. The van der Waals surface area contributed by atoms with E-state index in [1.807, 2.05) is 16.8 Å². The highest BCUT2D eigenvalue weighted by atomic mass is 32.2. The van der Waals surface area contributed by atoms with E-state index in [2.05, 4.69) is 31.0 Å². The van der Waals surface area contributed by atoms with Gasteiger partial charge in [0.25, 0.3) is 0 Å². The predicted molar refractivity (Wildman–Crippen MR) is 108 cm³/mol. The van der Waals surface area contributed by atoms with Crippen molar-refractivity contribution in [2.75, 3.05) is 20.0 Å². The van der Waals surface area contributed by atoms with Crippen LogP contribution in [0.3, 0.4) is 0 Å². The Bertz CT molecular complexity index is 966. The van der Waals surface area contributed by atoms with Gasteiger partial charge < -0.3 is 9.47 Å². The molecule has 5 nitrogen and oxygen atoms in total. The van der Waals surface area contributed by atoms with E-state index in [1.54, 1.807) is 38.6 Å². The monoisotopic (exact) mass is 382 g/mol. The van der Waals surface area contributed by atoms with Crippen molar-refractivity contribution in [3.63, 3.8) is 0 Å². The molecule has 0 aliphatic carbocycles. The SMILES string of the molecule is COc1ccc(C(=O)CSc2nccn2-c2cccc(C)c2C)cc1OC. The summed E-state index contributed by atoms with van der Waals surface area (Å²) >= 11 is 1.42. The van der Waals surface area contributed by atoms with Crippen LogP contribution >= 0.6 is 11.8 Å². The molecule has 0 fully saturated rings. The molecule has 1 heterocycles. The van der Waals surface area contributed by atoms with Crippen molar-refractivity contribution in [1.82, 2.24) is 9.55 Å². The van der Waals surface area contributed by atoms with Crippen LogP contribution in [-0.2, 0) is 0 Å². The van der Waals surface area contributed by atoms with Crippen LogP contribution in [0.1, 0.15) is 21.5 Å². The number of hydrogen-bond donors (Lipinski definition) is 0. The van der Waals surface area contributed by atoms with Gasteiger partial charge in [-0.1, -0.05) is 23.9 Å². The summed E-state index contributed by atoms with van der Waals surface area (Å²) in [6.07, 6.45) is 3.68. The number of carbonyl (C=O) groups is 1. The maximum Gasteiger partial charge on any atom is 0.173 e. The first kappa shape index (κ1) is 19.0. The van der Waals surface area contributed by atoms with E-state index >= 15 is 0 Å². The average Bonchev–Trinajstić information content (AvgIpc) is 3.16. The molecule has 0 N–H and O–H groups in total. The third-order valence-electron chi connectivity index (χ3n) is 4.48. The number of imidazole rings is 1. The number of methoxy groups -OCH3 is 2. The van der Waals surface area contributed by atoms with E-state index in [1.165, 1.54) is 22.9 Å². The lowest BCUT2D eigenvalue weighted by atomic mass is 10.1. The summed E-state index contributed by atoms with van der Waals surface area (Å²) in [5.74, 6) is 1.45. The van der Waals surface area contributed by atoms with Gasteiger partial charge >= 0.3 is 0 Å². The van der Waals surface area contributed by atoms with E-state index in [4.69, 9.17) is 9.47 Å². The summed E-state index contributed by atoms with van der Waals surface area (Å²) in [7, 11) is 3.13. The van der Waals surface area contributed by atoms with Crippen molar-refractivity contribution in [3.8, 4) is 17.2 Å². The first-order chi connectivity index (χ1) is 13.0. The number of rotatable bonds is 7. The van der Waals surface area contributed by atoms with Crippen LogP contribution in [-0.4, -0.2) is 35.3 Å². The molecule has 0 amide bonds. The Morgan fingerprint density at radius 2 is 1.89 bits per heavy atom. The highest BCUT2D eigenvalue weighted by Crippen LogP contribution is 2.29. The molecule has 0 aliphatic rings. The van der Waals surface area contributed by atoms with Gasteiger partial charge in [0.2, 0.25) is 0 Å². The quantitative estimate of drug-likeness (QED) is 0.445. The number of nitrogens with zero attached hydrogens (tertiary/aromatic N) is 2. The molecule has 1 aromatic heterocycles. The van der Waals surface area contributed by atoms with Gasteiger partial charge in [0.1, 0.15) is 0 Å². The Kier molecular flexibility index (Phi) is 5.86. The van der Waals surface area contributed by atoms with Crippen molar-refractivity contribution >= 4 is 17.5 Å². The van der Waals surface area contributed by atoms with E-state index in [0.29, 0.717) is 17.1 Å². The van der Waals surface area contributed by atoms with Gasteiger partial charge in [-0.2, -0.15) is 0 Å². The number of aryl methyl sites for hydroxylation is 1. The van der Waals surface area contributed by atoms with Gasteiger partial charge in [-0.3, -0.25) is 9.36 Å². The molecule has 3 rings (SSSR count). The predicted octanol–water partition coefficient (Wildman–Crippen LogP) is 4.48. The molecule has 140 valence electrons. The molecule has 0 atom stereocenters. The second-order valence-electron chi connectivity index (χ2n) is 6.08. The smallest absolute Gasteiger partial charge is 0.173 e. The maximum atomic E-state index is 12.6. The zero-order chi connectivity index (χ0) is 19.4. The number of aromatic nitrogens is 2.